The fraction of sp³-hybridized carbons (Fsp3) is 0.312. The number of carbonyl (C=O) groups excluding carboxylic acids is 3. The number of ketones is 2. The largest absolute Gasteiger partial charge is 0.445 e. The maximum atomic E-state index is 11.8. The Morgan fingerprint density at radius 2 is 1.76 bits per heavy atom. The summed E-state index contributed by atoms with van der Waals surface area (Å²) in [5.41, 5.74) is 0.670. The minimum Gasteiger partial charge on any atom is -0.445 e. The molecule has 0 spiro atoms. The summed E-state index contributed by atoms with van der Waals surface area (Å²) in [4.78, 5) is 35.3. The van der Waals surface area contributed by atoms with Crippen LogP contribution in [0.2, 0.25) is 0 Å². The number of rotatable bonds is 7. The van der Waals surface area contributed by atoms with Gasteiger partial charge in [0.25, 0.3) is 0 Å². The van der Waals surface area contributed by atoms with E-state index in [4.69, 9.17) is 4.74 Å². The molecule has 1 amide bonds. The smallest absolute Gasteiger partial charge is 0.407 e. The summed E-state index contributed by atoms with van der Waals surface area (Å²) in [6.45, 7) is 6.17. The van der Waals surface area contributed by atoms with Gasteiger partial charge in [0.1, 0.15) is 24.1 Å². The Balaban J connectivity index is 3.05. The van der Waals surface area contributed by atoms with Gasteiger partial charge in [-0.25, -0.2) is 4.79 Å². The quantitative estimate of drug-likeness (QED) is 0.618. The highest BCUT2D eigenvalue weighted by molar-refractivity contribution is 6.01. The second-order valence-electron chi connectivity index (χ2n) is 4.62. The van der Waals surface area contributed by atoms with Gasteiger partial charge in [0.15, 0.2) is 0 Å². The Bertz CT molecular complexity index is 510. The lowest BCUT2D eigenvalue weighted by molar-refractivity contribution is -0.131. The second kappa shape index (κ2) is 7.99. The molecule has 1 N–H and O–H groups in total. The first kappa shape index (κ1) is 16.6. The lowest BCUT2D eigenvalue weighted by Gasteiger charge is -2.24. The van der Waals surface area contributed by atoms with Crippen molar-refractivity contribution in [1.82, 2.24) is 5.32 Å². The summed E-state index contributed by atoms with van der Waals surface area (Å²) in [6, 6.07) is 8.10. The number of alkyl carbamates (subject to hydrolysis) is 1. The molecule has 1 rings (SSSR count). The van der Waals surface area contributed by atoms with Crippen LogP contribution in [0.25, 0.3) is 0 Å². The molecule has 1 atom stereocenters. The van der Waals surface area contributed by atoms with Gasteiger partial charge >= 0.3 is 6.09 Å². The van der Waals surface area contributed by atoms with Crippen LogP contribution in [0.5, 0.6) is 0 Å². The highest BCUT2D eigenvalue weighted by atomic mass is 16.5. The van der Waals surface area contributed by atoms with Crippen molar-refractivity contribution in [2.45, 2.75) is 19.9 Å². The van der Waals surface area contributed by atoms with E-state index >= 15 is 0 Å². The zero-order chi connectivity index (χ0) is 15.8. The highest BCUT2D eigenvalue weighted by Gasteiger charge is 2.32. The Kier molecular flexibility index (Phi) is 6.33. The van der Waals surface area contributed by atoms with Gasteiger partial charge in [-0.1, -0.05) is 43.0 Å². The van der Waals surface area contributed by atoms with Crippen molar-refractivity contribution in [3.63, 3.8) is 0 Å². The van der Waals surface area contributed by atoms with E-state index in [9.17, 15) is 14.4 Å². The fourth-order valence-electron chi connectivity index (χ4n) is 2.08. The maximum absolute atomic E-state index is 11.8. The first-order chi connectivity index (χ1) is 9.97. The Labute approximate surface area is 124 Å². The number of amides is 1. The molecular formula is C16H19NO4. The van der Waals surface area contributed by atoms with E-state index in [1.807, 2.05) is 6.07 Å². The van der Waals surface area contributed by atoms with Crippen LogP contribution in [-0.4, -0.2) is 24.3 Å². The van der Waals surface area contributed by atoms with E-state index in [1.165, 1.54) is 19.9 Å². The zero-order valence-electron chi connectivity index (χ0n) is 12.2. The molecule has 112 valence electrons. The number of hydrogen-bond acceptors (Lipinski definition) is 4. The number of carbonyl (C=O) groups is 3. The number of benzene rings is 1. The molecule has 0 saturated carbocycles. The van der Waals surface area contributed by atoms with Gasteiger partial charge in [0.2, 0.25) is 0 Å². The van der Waals surface area contributed by atoms with E-state index in [1.54, 1.807) is 24.3 Å². The number of hydrogen-bond donors (Lipinski definition) is 1. The maximum Gasteiger partial charge on any atom is 0.407 e. The van der Waals surface area contributed by atoms with Crippen LogP contribution in [0.15, 0.2) is 43.0 Å². The molecule has 0 radical (unpaired) electrons. The molecule has 5 nitrogen and oxygen atoms in total. The molecular weight excluding hydrogens is 270 g/mol. The first-order valence-corrected chi connectivity index (χ1v) is 6.57. The van der Waals surface area contributed by atoms with Crippen molar-refractivity contribution < 1.29 is 19.1 Å². The molecule has 0 saturated heterocycles. The molecule has 0 aliphatic heterocycles. The predicted molar refractivity (Wildman–Crippen MR) is 78.7 cm³/mol. The molecule has 1 aromatic carbocycles. The van der Waals surface area contributed by atoms with Crippen LogP contribution in [0.4, 0.5) is 4.79 Å². The minimum atomic E-state index is -0.941. The van der Waals surface area contributed by atoms with Crippen molar-refractivity contribution >= 4 is 17.7 Å². The predicted octanol–water partition coefficient (Wildman–Crippen LogP) is 2.43. The zero-order valence-corrected chi connectivity index (χ0v) is 12.2. The number of Topliss-reactive ketones (excluding diaryl/α,β-unsaturated/α-hetero) is 2. The van der Waals surface area contributed by atoms with Crippen molar-refractivity contribution in [2.24, 2.45) is 5.92 Å². The molecule has 0 aliphatic carbocycles. The standard InChI is InChI=1S/C16H19NO4/c1-4-10-21-16(20)17-15(13-8-6-5-7-9-13)14(11(2)18)12(3)19/h4-9,14-15H,1,10H2,2-3H3,(H,17,20)/t15-/m0/s1. The first-order valence-electron chi connectivity index (χ1n) is 6.57. The third-order valence-corrected chi connectivity index (χ3v) is 2.97. The number of ether oxygens (including phenoxy) is 1. The second-order valence-corrected chi connectivity index (χ2v) is 4.62. The van der Waals surface area contributed by atoms with E-state index in [-0.39, 0.29) is 18.2 Å². The third-order valence-electron chi connectivity index (χ3n) is 2.97. The van der Waals surface area contributed by atoms with Crippen LogP contribution in [0.1, 0.15) is 25.5 Å². The van der Waals surface area contributed by atoms with E-state index in [0.717, 1.165) is 0 Å². The topological polar surface area (TPSA) is 72.5 Å². The SMILES string of the molecule is C=CCOC(=O)N[C@@H](c1ccccc1)C(C(C)=O)C(C)=O. The molecule has 0 aliphatic rings. The average molecular weight is 289 g/mol. The Morgan fingerprint density at radius 1 is 1.19 bits per heavy atom. The van der Waals surface area contributed by atoms with Gasteiger partial charge in [-0.3, -0.25) is 9.59 Å². The fourth-order valence-corrected chi connectivity index (χ4v) is 2.08. The Hall–Kier alpha value is -2.43. The van der Waals surface area contributed by atoms with Crippen LogP contribution in [-0.2, 0) is 14.3 Å². The molecule has 1 aromatic rings. The summed E-state index contributed by atoms with van der Waals surface area (Å²) in [6.07, 6.45) is 0.737. The summed E-state index contributed by atoms with van der Waals surface area (Å²) >= 11 is 0. The van der Waals surface area contributed by atoms with Gasteiger partial charge in [-0.05, 0) is 19.4 Å². The summed E-state index contributed by atoms with van der Waals surface area (Å²) < 4.78 is 4.86. The highest BCUT2D eigenvalue weighted by Crippen LogP contribution is 2.24. The minimum absolute atomic E-state index is 0.0537. The van der Waals surface area contributed by atoms with Crippen LogP contribution in [0, 0.1) is 5.92 Å². The van der Waals surface area contributed by atoms with Crippen LogP contribution < -0.4 is 5.32 Å². The lowest BCUT2D eigenvalue weighted by Crippen LogP contribution is -2.39. The van der Waals surface area contributed by atoms with Gasteiger partial charge in [0, 0.05) is 0 Å². The van der Waals surface area contributed by atoms with Crippen LogP contribution >= 0.6 is 0 Å². The van der Waals surface area contributed by atoms with Gasteiger partial charge < -0.3 is 10.1 Å². The number of nitrogens with one attached hydrogen (secondary N) is 1. The summed E-state index contributed by atoms with van der Waals surface area (Å²) in [7, 11) is 0. The van der Waals surface area contributed by atoms with Gasteiger partial charge in [0.05, 0.1) is 6.04 Å². The van der Waals surface area contributed by atoms with E-state index < -0.39 is 18.1 Å². The monoisotopic (exact) mass is 289 g/mol. The molecule has 5 heteroatoms. The van der Waals surface area contributed by atoms with E-state index in [0.29, 0.717) is 5.56 Å². The normalized spacial score (nSPS) is 11.6. The summed E-state index contributed by atoms with van der Waals surface area (Å²) in [5.74, 6) is -1.55. The molecule has 0 aromatic heterocycles. The van der Waals surface area contributed by atoms with Crippen molar-refractivity contribution in [3.05, 3.63) is 48.6 Å². The van der Waals surface area contributed by atoms with E-state index in [2.05, 4.69) is 11.9 Å². The van der Waals surface area contributed by atoms with Crippen molar-refractivity contribution in [2.75, 3.05) is 6.61 Å². The Morgan fingerprint density at radius 3 is 2.24 bits per heavy atom. The van der Waals surface area contributed by atoms with Gasteiger partial charge in [-0.15, -0.1) is 0 Å². The van der Waals surface area contributed by atoms with Crippen molar-refractivity contribution in [3.8, 4) is 0 Å². The van der Waals surface area contributed by atoms with Crippen molar-refractivity contribution in [1.29, 1.82) is 0 Å². The molecule has 21 heavy (non-hydrogen) atoms. The molecule has 0 heterocycles. The average Bonchev–Trinajstić information content (AvgIpc) is 2.44. The summed E-state index contributed by atoms with van der Waals surface area (Å²) in [5, 5.41) is 2.58. The molecule has 0 fully saturated rings. The third kappa shape index (κ3) is 4.87. The lowest BCUT2D eigenvalue weighted by atomic mass is 9.87. The van der Waals surface area contributed by atoms with Gasteiger partial charge in [-0.2, -0.15) is 0 Å². The molecule has 0 bridgehead atoms. The molecule has 0 unspecified atom stereocenters. The van der Waals surface area contributed by atoms with Crippen LogP contribution in [0.3, 0.4) is 0 Å².